The Kier molecular flexibility index (Phi) is 20.5. The molecule has 0 saturated heterocycles. The van der Waals surface area contributed by atoms with Crippen LogP contribution in [0, 0.1) is 0 Å². The van der Waals surface area contributed by atoms with E-state index in [0.29, 0.717) is 11.5 Å². The van der Waals surface area contributed by atoms with Gasteiger partial charge in [-0.25, -0.2) is 0 Å². The van der Waals surface area contributed by atoms with Gasteiger partial charge in [-0.15, -0.1) is 0 Å². The zero-order valence-corrected chi connectivity index (χ0v) is 78.5. The van der Waals surface area contributed by atoms with Crippen molar-refractivity contribution in [1.29, 1.82) is 0 Å². The highest BCUT2D eigenvalue weighted by molar-refractivity contribution is 6.06. The van der Waals surface area contributed by atoms with Gasteiger partial charge in [0.25, 0.3) is 0 Å². The number of fused-ring (bicyclic) bond motifs is 15. The van der Waals surface area contributed by atoms with Crippen molar-refractivity contribution in [3.8, 4) is 223 Å². The van der Waals surface area contributed by atoms with Crippen LogP contribution in [0.5, 0.6) is 11.5 Å². The fourth-order valence-corrected chi connectivity index (χ4v) is 23.6. The van der Waals surface area contributed by atoms with Gasteiger partial charge in [-0.3, -0.25) is 0 Å². The number of hydrogen-bond donors (Lipinski definition) is 0. The highest BCUT2D eigenvalue weighted by atomic mass is 16.7. The van der Waals surface area contributed by atoms with Crippen molar-refractivity contribution in [2.24, 2.45) is 0 Å². The molecule has 0 amide bonds. The third kappa shape index (κ3) is 14.6. The van der Waals surface area contributed by atoms with Gasteiger partial charge in [0.05, 0.1) is 10.8 Å². The average Bonchev–Trinajstić information content (AvgIpc) is 1.48. The summed E-state index contributed by atoms with van der Waals surface area (Å²) in [5, 5.41) is 0. The lowest BCUT2D eigenvalue weighted by molar-refractivity contribution is 0.174. The lowest BCUT2D eigenvalue weighted by Gasteiger charge is -2.36. The standard InChI is InChI=1S/C141H92O2/c1-9-35-92(36-10-1)108-71-109(93-37-11-2-12-38-93)76-116(75-108)100-51-31-55-104(67-100)120-83-121(105-56-32-52-101(68-105)117-77-110(94-39-13-3-14-40-94)72-111(78-117)95-41-15-4-16-42-95)86-124(85-120)140(133-65-66-134-138(139(133)129-89-136-137(90-135(129)140)143-91-142-136)128-61-27-30-64-132(128)141(134)130-62-28-25-59-126(130)127-60-26-29-63-131(127)141)125-87-122(106-57-33-53-102(69-106)118-79-112(96-43-17-5-18-44-96)73-113(80-118)97-45-19-6-20-46-97)84-123(88-125)107-58-34-54-103(70-107)119-81-114(98-47-21-7-22-48-98)74-115(82-119)99-49-23-8-24-50-99/h1-90H,91H2. The zero-order chi connectivity index (χ0) is 94.5. The van der Waals surface area contributed by atoms with E-state index in [0.717, 1.165) is 211 Å². The van der Waals surface area contributed by atoms with Crippen molar-refractivity contribution in [3.05, 3.63) is 590 Å². The van der Waals surface area contributed by atoms with Crippen molar-refractivity contribution in [1.82, 2.24) is 0 Å². The molecule has 0 atom stereocenters. The van der Waals surface area contributed by atoms with E-state index in [1.54, 1.807) is 0 Å². The van der Waals surface area contributed by atoms with Gasteiger partial charge in [-0.05, 0) is 402 Å². The minimum Gasteiger partial charge on any atom is -0.454 e. The highest BCUT2D eigenvalue weighted by Gasteiger charge is 2.56. The molecule has 0 saturated carbocycles. The van der Waals surface area contributed by atoms with Crippen molar-refractivity contribution in [2.45, 2.75) is 10.8 Å². The Balaban J connectivity index is 0.764. The van der Waals surface area contributed by atoms with E-state index in [1.807, 2.05) is 0 Å². The van der Waals surface area contributed by atoms with Crippen molar-refractivity contribution in [2.75, 3.05) is 6.79 Å². The molecule has 1 heterocycles. The fourth-order valence-electron chi connectivity index (χ4n) is 23.6. The summed E-state index contributed by atoms with van der Waals surface area (Å²) in [7, 11) is 0. The number of rotatable bonds is 18. The van der Waals surface area contributed by atoms with Crippen LogP contribution in [-0.2, 0) is 10.8 Å². The van der Waals surface area contributed by atoms with Gasteiger partial charge >= 0.3 is 0 Å². The van der Waals surface area contributed by atoms with Crippen LogP contribution in [0.4, 0.5) is 0 Å². The predicted octanol–water partition coefficient (Wildman–Crippen LogP) is 36.8. The SMILES string of the molecule is c1ccc(-c2cc(-c3ccccc3)cc(-c3cccc(-c4cc(-c5cccc(-c6cc(-c7ccccc7)cc(-c7ccccc7)c6)c5)cc(C5(c6cc(-c7cccc(-c8cc(-c9ccccc9)cc(-c9ccccc9)c8)c7)cc(-c7cccc(-c8cc(-c9ccccc9)cc(-c9ccccc9)c8)c7)c6)c6cc7c(cc6-c6c5ccc5c6-c6ccccc6C56c5ccccc5-c5ccccc56)OCO7)c4)c3)c2)cc1. The normalized spacial score (nSPS) is 12.8. The first-order chi connectivity index (χ1) is 70.8. The molecule has 0 bridgehead atoms. The maximum Gasteiger partial charge on any atom is 0.231 e. The molecular weight excluding hydrogens is 1730 g/mol. The summed E-state index contributed by atoms with van der Waals surface area (Å²) in [6, 6.07) is 205. The summed E-state index contributed by atoms with van der Waals surface area (Å²) in [5.41, 5.74) is 50.5. The first kappa shape index (κ1) is 84.0. The minimum atomic E-state index is -1.21. The Labute approximate surface area is 834 Å². The second-order valence-corrected chi connectivity index (χ2v) is 38.3. The number of ether oxygens (including phenoxy) is 2. The maximum absolute atomic E-state index is 6.95. The third-order valence-corrected chi connectivity index (χ3v) is 30.2. The molecule has 23 aromatic carbocycles. The molecular formula is C141H92O2. The first-order valence-electron chi connectivity index (χ1n) is 49.5. The van der Waals surface area contributed by atoms with Crippen LogP contribution in [0.25, 0.3) is 211 Å². The molecule has 1 aliphatic heterocycles. The van der Waals surface area contributed by atoms with E-state index in [1.165, 1.54) is 44.5 Å². The molecule has 23 aromatic rings. The lowest BCUT2D eigenvalue weighted by atomic mass is 9.65. The Morgan fingerprint density at radius 1 is 0.119 bits per heavy atom. The molecule has 2 heteroatoms. The van der Waals surface area contributed by atoms with Gasteiger partial charge < -0.3 is 9.47 Å². The Bertz CT molecular complexity index is 7890. The molecule has 3 aliphatic carbocycles. The topological polar surface area (TPSA) is 18.5 Å². The quantitative estimate of drug-likeness (QED) is 0.0852. The van der Waals surface area contributed by atoms with Crippen LogP contribution in [0.1, 0.15) is 44.5 Å². The van der Waals surface area contributed by atoms with E-state index < -0.39 is 10.8 Å². The van der Waals surface area contributed by atoms with Crippen LogP contribution >= 0.6 is 0 Å². The molecule has 4 aliphatic rings. The summed E-state index contributed by atoms with van der Waals surface area (Å²) >= 11 is 0. The minimum absolute atomic E-state index is 0.0769. The molecule has 143 heavy (non-hydrogen) atoms. The van der Waals surface area contributed by atoms with E-state index >= 15 is 0 Å². The molecule has 0 unspecified atom stereocenters. The lowest BCUT2D eigenvalue weighted by Crippen LogP contribution is -2.29. The summed E-state index contributed by atoms with van der Waals surface area (Å²) in [6.45, 7) is 0.0769. The van der Waals surface area contributed by atoms with E-state index in [9.17, 15) is 0 Å². The molecule has 2 nitrogen and oxygen atoms in total. The summed E-state index contributed by atoms with van der Waals surface area (Å²) in [6.07, 6.45) is 0. The summed E-state index contributed by atoms with van der Waals surface area (Å²) in [4.78, 5) is 0. The molecule has 0 radical (unpaired) electrons. The van der Waals surface area contributed by atoms with Crippen molar-refractivity contribution < 1.29 is 9.47 Å². The molecule has 0 aromatic heterocycles. The van der Waals surface area contributed by atoms with Gasteiger partial charge in [0.15, 0.2) is 11.5 Å². The maximum atomic E-state index is 6.95. The van der Waals surface area contributed by atoms with E-state index in [2.05, 4.69) is 546 Å². The highest BCUT2D eigenvalue weighted by Crippen LogP contribution is 2.69. The Hall–Kier alpha value is -18.3. The van der Waals surface area contributed by atoms with Crippen LogP contribution in [0.3, 0.4) is 0 Å². The van der Waals surface area contributed by atoms with E-state index in [4.69, 9.17) is 9.47 Å². The van der Waals surface area contributed by atoms with Gasteiger partial charge in [0, 0.05) is 0 Å². The van der Waals surface area contributed by atoms with Crippen molar-refractivity contribution >= 4 is 0 Å². The first-order valence-corrected chi connectivity index (χ1v) is 49.5. The van der Waals surface area contributed by atoms with Crippen LogP contribution in [-0.4, -0.2) is 6.79 Å². The average molecular weight is 1820 g/mol. The molecule has 1 spiro atoms. The zero-order valence-electron chi connectivity index (χ0n) is 78.5. The van der Waals surface area contributed by atoms with Crippen LogP contribution in [0.2, 0.25) is 0 Å². The molecule has 668 valence electrons. The third-order valence-electron chi connectivity index (χ3n) is 30.2. The predicted molar refractivity (Wildman–Crippen MR) is 593 cm³/mol. The summed E-state index contributed by atoms with van der Waals surface area (Å²) in [5.74, 6) is 1.41. The molecule has 0 fully saturated rings. The van der Waals surface area contributed by atoms with Gasteiger partial charge in [0.1, 0.15) is 0 Å². The van der Waals surface area contributed by atoms with E-state index in [-0.39, 0.29) is 6.79 Å². The smallest absolute Gasteiger partial charge is 0.231 e. The fraction of sp³-hybridized carbons (Fsp3) is 0.0213. The number of hydrogen-bond acceptors (Lipinski definition) is 2. The van der Waals surface area contributed by atoms with Crippen LogP contribution < -0.4 is 9.47 Å². The Morgan fingerprint density at radius 2 is 0.308 bits per heavy atom. The molecule has 27 rings (SSSR count). The summed E-state index contributed by atoms with van der Waals surface area (Å²) < 4.78 is 13.8. The second-order valence-electron chi connectivity index (χ2n) is 38.3. The van der Waals surface area contributed by atoms with Gasteiger partial charge in [0.2, 0.25) is 6.79 Å². The monoisotopic (exact) mass is 1820 g/mol. The van der Waals surface area contributed by atoms with Crippen molar-refractivity contribution in [3.63, 3.8) is 0 Å². The largest absolute Gasteiger partial charge is 0.454 e. The van der Waals surface area contributed by atoms with Gasteiger partial charge in [-0.2, -0.15) is 0 Å². The number of benzene rings is 23. The van der Waals surface area contributed by atoms with Gasteiger partial charge in [-0.1, -0.05) is 400 Å². The molecule has 0 N–H and O–H groups in total. The van der Waals surface area contributed by atoms with Crippen LogP contribution in [0.15, 0.2) is 546 Å². The Morgan fingerprint density at radius 3 is 0.573 bits per heavy atom. The second kappa shape index (κ2) is 35.0.